The molecule has 0 radical (unpaired) electrons. The summed E-state index contributed by atoms with van der Waals surface area (Å²) < 4.78 is 11.6. The fourth-order valence-corrected chi connectivity index (χ4v) is 3.16. The van der Waals surface area contributed by atoms with E-state index in [1.807, 2.05) is 20.8 Å². The van der Waals surface area contributed by atoms with E-state index < -0.39 is 6.67 Å². The number of amides is 2. The molecule has 1 fully saturated rings. The summed E-state index contributed by atoms with van der Waals surface area (Å²) in [5.41, 5.74) is 2.83. The van der Waals surface area contributed by atoms with E-state index in [1.165, 1.54) is 74.5 Å². The van der Waals surface area contributed by atoms with Gasteiger partial charge in [0.25, 0.3) is 0 Å². The zero-order chi connectivity index (χ0) is 26.2. The first-order chi connectivity index (χ1) is 16.4. The van der Waals surface area contributed by atoms with Crippen LogP contribution in [0.3, 0.4) is 0 Å². The van der Waals surface area contributed by atoms with Gasteiger partial charge >= 0.3 is 6.03 Å². The molecule has 2 rings (SSSR count). The van der Waals surface area contributed by atoms with Gasteiger partial charge in [-0.15, -0.1) is 0 Å². The van der Waals surface area contributed by atoms with E-state index in [9.17, 15) is 9.18 Å². The average molecular weight is 477 g/mol. The molecule has 2 amide bonds. The van der Waals surface area contributed by atoms with Crippen LogP contribution in [-0.2, 0) is 6.54 Å². The Morgan fingerprint density at radius 2 is 2.00 bits per heavy atom. The number of allylic oxidation sites excluding steroid dienone is 3. The highest BCUT2D eigenvalue weighted by atomic mass is 19.1. The molecule has 1 saturated heterocycles. The second-order valence-corrected chi connectivity index (χ2v) is 7.77. The Morgan fingerprint density at radius 1 is 1.29 bits per heavy atom. The van der Waals surface area contributed by atoms with Crippen molar-refractivity contribution >= 4 is 12.4 Å². The predicted octanol–water partition coefficient (Wildman–Crippen LogP) is 7.14. The number of rotatable bonds is 6. The van der Waals surface area contributed by atoms with Crippen LogP contribution >= 0.6 is 0 Å². The zero-order valence-corrected chi connectivity index (χ0v) is 22.9. The highest BCUT2D eigenvalue weighted by molar-refractivity contribution is 5.86. The van der Waals surface area contributed by atoms with Crippen molar-refractivity contribution in [2.24, 2.45) is 4.99 Å². The number of alkyl halides is 1. The third kappa shape index (κ3) is 18.0. The second kappa shape index (κ2) is 23.7. The molecule has 1 N–H and O–H groups in total. The van der Waals surface area contributed by atoms with Gasteiger partial charge in [0, 0.05) is 32.9 Å². The number of hydrogen-bond donors (Lipinski definition) is 1. The first-order valence-corrected chi connectivity index (χ1v) is 12.5. The summed E-state index contributed by atoms with van der Waals surface area (Å²) in [7, 11) is 3.06. The van der Waals surface area contributed by atoms with Crippen LogP contribution in [0.5, 0.6) is 0 Å². The number of piperidine rings is 1. The minimum absolute atomic E-state index is 0.356. The number of urea groups is 1. The number of halogens is 1. The van der Waals surface area contributed by atoms with Crippen molar-refractivity contribution in [2.45, 2.75) is 79.8 Å². The van der Waals surface area contributed by atoms with Crippen LogP contribution in [-0.4, -0.2) is 55.5 Å². The van der Waals surface area contributed by atoms with E-state index in [0.29, 0.717) is 0 Å². The Labute approximate surface area is 208 Å². The van der Waals surface area contributed by atoms with Gasteiger partial charge in [-0.05, 0) is 58.2 Å². The largest absolute Gasteiger partial charge is 0.326 e. The summed E-state index contributed by atoms with van der Waals surface area (Å²) in [6.45, 7) is 14.5. The molecule has 1 aliphatic rings. The van der Waals surface area contributed by atoms with Crippen LogP contribution in [0.2, 0.25) is 0 Å². The van der Waals surface area contributed by atoms with Crippen LogP contribution in [0.4, 0.5) is 9.18 Å². The van der Waals surface area contributed by atoms with Crippen molar-refractivity contribution in [1.29, 1.82) is 0 Å². The molecule has 1 aromatic rings. The second-order valence-electron chi connectivity index (χ2n) is 7.77. The number of likely N-dealkylation sites (tertiary alicyclic amines) is 1. The van der Waals surface area contributed by atoms with Crippen LogP contribution in [0.25, 0.3) is 0 Å². The molecule has 34 heavy (non-hydrogen) atoms. The third-order valence-electron chi connectivity index (χ3n) is 4.94. The smallest absolute Gasteiger partial charge is 0.304 e. The Bertz CT molecular complexity index is 703. The monoisotopic (exact) mass is 476 g/mol. The summed E-state index contributed by atoms with van der Waals surface area (Å²) in [6.07, 6.45) is 13.3. The van der Waals surface area contributed by atoms with Gasteiger partial charge in [-0.25, -0.2) is 9.18 Å². The number of hydrogen-bond acceptors (Lipinski definition) is 3. The molecule has 6 heteroatoms. The number of nitrogens with zero attached hydrogens (tertiary/aromatic N) is 3. The maximum atomic E-state index is 11.6. The van der Waals surface area contributed by atoms with Crippen molar-refractivity contribution in [1.82, 2.24) is 15.1 Å². The van der Waals surface area contributed by atoms with Gasteiger partial charge in [0.1, 0.15) is 6.67 Å². The average Bonchev–Trinajstić information content (AvgIpc) is 2.85. The first-order valence-electron chi connectivity index (χ1n) is 12.5. The Morgan fingerprint density at radius 3 is 2.50 bits per heavy atom. The number of carbonyl (C=O) groups is 1. The fraction of sp³-hybridized carbons (Fsp3) is 0.571. The van der Waals surface area contributed by atoms with E-state index in [-0.39, 0.29) is 6.03 Å². The van der Waals surface area contributed by atoms with Crippen LogP contribution in [0.1, 0.15) is 71.4 Å². The van der Waals surface area contributed by atoms with E-state index >= 15 is 0 Å². The van der Waals surface area contributed by atoms with Gasteiger partial charge in [0.15, 0.2) is 0 Å². The standard InChI is InChI=1S/C14H21N.C7H12FN3O.C5H10.C2H6/c1-12-6-5-8-14(10-12)11-15-9-4-3-7-13(15)2;1-9-6-10-7(12)11(2)5-3-4-8;1-3-5-4-2;1-2/h5-6,8,10,13H,3-4,7,9,11H2,1-2H3;3,5-6H,4H2,1-2H3,(H,9,10,12);3,5H,4H2,1-2H3;1-2H3/b;5-3+;5-3-;/t13-;;;/m0.../s1. The van der Waals surface area contributed by atoms with Gasteiger partial charge in [-0.2, -0.15) is 0 Å². The highest BCUT2D eigenvalue weighted by Crippen LogP contribution is 2.19. The first kappa shape index (κ1) is 33.7. The topological polar surface area (TPSA) is 47.9 Å². The Balaban J connectivity index is 0. The molecule has 0 aromatic heterocycles. The van der Waals surface area contributed by atoms with Crippen LogP contribution < -0.4 is 5.32 Å². The summed E-state index contributed by atoms with van der Waals surface area (Å²) in [4.78, 5) is 18.3. The lowest BCUT2D eigenvalue weighted by molar-refractivity contribution is 0.152. The van der Waals surface area contributed by atoms with E-state index in [4.69, 9.17) is 0 Å². The molecule has 0 unspecified atom stereocenters. The van der Waals surface area contributed by atoms with Crippen molar-refractivity contribution in [2.75, 3.05) is 27.3 Å². The van der Waals surface area contributed by atoms with Gasteiger partial charge in [0.05, 0.1) is 6.34 Å². The summed E-state index contributed by atoms with van der Waals surface area (Å²) in [5.74, 6) is 0. The molecule has 0 spiro atoms. The molecule has 1 heterocycles. The highest BCUT2D eigenvalue weighted by Gasteiger charge is 2.17. The van der Waals surface area contributed by atoms with Crippen LogP contribution in [0.15, 0.2) is 53.7 Å². The van der Waals surface area contributed by atoms with E-state index in [1.54, 1.807) is 0 Å². The van der Waals surface area contributed by atoms with Crippen molar-refractivity contribution in [3.63, 3.8) is 0 Å². The molecule has 0 saturated carbocycles. The summed E-state index contributed by atoms with van der Waals surface area (Å²) in [6, 6.07) is 9.29. The lowest BCUT2D eigenvalue weighted by Gasteiger charge is -2.33. The minimum Gasteiger partial charge on any atom is -0.304 e. The van der Waals surface area contributed by atoms with Crippen molar-refractivity contribution in [3.05, 3.63) is 59.8 Å². The SMILES string of the molecule is C/C=C\CC.CC.CN=CNC(=O)N(C)/C=C/CF.Cc1cccc(CN2CCCC[C@@H]2C)c1. The zero-order valence-electron chi connectivity index (χ0n) is 22.9. The van der Waals surface area contributed by atoms with Gasteiger partial charge in [-0.3, -0.25) is 15.2 Å². The molecule has 5 nitrogen and oxygen atoms in total. The van der Waals surface area contributed by atoms with Gasteiger partial charge in [0.2, 0.25) is 0 Å². The number of nitrogens with one attached hydrogen (secondary N) is 1. The number of benzene rings is 1. The molecule has 194 valence electrons. The normalized spacial score (nSPS) is 15.6. The van der Waals surface area contributed by atoms with E-state index in [0.717, 1.165) is 19.0 Å². The quantitative estimate of drug-likeness (QED) is 0.269. The molecule has 0 aliphatic carbocycles. The lowest BCUT2D eigenvalue weighted by atomic mass is 10.0. The summed E-state index contributed by atoms with van der Waals surface area (Å²) >= 11 is 0. The maximum absolute atomic E-state index is 11.6. The van der Waals surface area contributed by atoms with Gasteiger partial charge < -0.3 is 4.90 Å². The number of carbonyl (C=O) groups excluding carboxylic acids is 1. The van der Waals surface area contributed by atoms with Gasteiger partial charge in [-0.1, -0.05) is 69.2 Å². The molecule has 1 aromatic carbocycles. The maximum Gasteiger partial charge on any atom is 0.326 e. The molecule has 1 aliphatic heterocycles. The molecular formula is C28H49FN4O. The van der Waals surface area contributed by atoms with Crippen LogP contribution in [0, 0.1) is 6.92 Å². The Kier molecular flexibility index (Phi) is 23.5. The predicted molar refractivity (Wildman–Crippen MR) is 147 cm³/mol. The number of aryl methyl sites for hydroxylation is 1. The summed E-state index contributed by atoms with van der Waals surface area (Å²) in [5, 5.41) is 2.36. The lowest BCUT2D eigenvalue weighted by Crippen LogP contribution is -2.36. The Hall–Kier alpha value is -2.47. The minimum atomic E-state index is -0.584. The van der Waals surface area contributed by atoms with Crippen molar-refractivity contribution in [3.8, 4) is 0 Å². The molecule has 0 bridgehead atoms. The van der Waals surface area contributed by atoms with Crippen molar-refractivity contribution < 1.29 is 9.18 Å². The van der Waals surface area contributed by atoms with E-state index in [2.05, 4.69) is 72.4 Å². The number of aliphatic imine (C=N–C) groups is 1. The third-order valence-corrected chi connectivity index (χ3v) is 4.94. The molecule has 1 atom stereocenters. The fourth-order valence-electron chi connectivity index (χ4n) is 3.16. The molecular weight excluding hydrogens is 427 g/mol.